The van der Waals surface area contributed by atoms with E-state index in [2.05, 4.69) is 4.90 Å². The van der Waals surface area contributed by atoms with Crippen molar-refractivity contribution in [2.45, 2.75) is 38.8 Å². The number of hydrogen-bond donors (Lipinski definition) is 1. The van der Waals surface area contributed by atoms with E-state index in [1.54, 1.807) is 6.07 Å². The highest BCUT2D eigenvalue weighted by Gasteiger charge is 2.29. The minimum Gasteiger partial charge on any atom is -0.488 e. The number of nitrogens with two attached hydrogens (primary N) is 1. The van der Waals surface area contributed by atoms with Gasteiger partial charge < -0.3 is 25.0 Å². The molecule has 0 radical (unpaired) electrons. The summed E-state index contributed by atoms with van der Waals surface area (Å²) in [4.78, 5) is 16.3. The van der Waals surface area contributed by atoms with Crippen molar-refractivity contribution in [2.24, 2.45) is 11.7 Å². The van der Waals surface area contributed by atoms with Crippen molar-refractivity contribution in [3.05, 3.63) is 24.0 Å². The predicted molar refractivity (Wildman–Crippen MR) is 110 cm³/mol. The van der Waals surface area contributed by atoms with Crippen molar-refractivity contribution in [3.63, 3.8) is 0 Å². The fraction of sp³-hybridized carbons (Fsp3) is 0.650. The van der Waals surface area contributed by atoms with Crippen molar-refractivity contribution in [3.8, 4) is 5.75 Å². The molecule has 2 saturated heterocycles. The number of piperidine rings is 1. The van der Waals surface area contributed by atoms with Crippen molar-refractivity contribution in [1.29, 1.82) is 0 Å². The maximum absolute atomic E-state index is 13.8. The van der Waals surface area contributed by atoms with Gasteiger partial charge in [0.2, 0.25) is 5.91 Å². The van der Waals surface area contributed by atoms with Crippen molar-refractivity contribution in [1.82, 2.24) is 4.90 Å². The van der Waals surface area contributed by atoms with E-state index < -0.39 is 6.04 Å². The Morgan fingerprint density at radius 3 is 2.46 bits per heavy atom. The van der Waals surface area contributed by atoms with Gasteiger partial charge in [-0.25, -0.2) is 4.39 Å². The van der Waals surface area contributed by atoms with E-state index in [1.807, 2.05) is 18.7 Å². The SMILES string of the molecule is CC(C)[C@H](N)C(=O)N1CCC(Oc2ccc(F)cc2N2CCOCC2)CC1.Cl. The molecule has 6 nitrogen and oxygen atoms in total. The molecule has 0 unspecified atom stereocenters. The molecule has 3 rings (SSSR count). The monoisotopic (exact) mass is 415 g/mol. The van der Waals surface area contributed by atoms with Gasteiger partial charge in [-0.3, -0.25) is 4.79 Å². The van der Waals surface area contributed by atoms with Gasteiger partial charge in [0.25, 0.3) is 0 Å². The smallest absolute Gasteiger partial charge is 0.239 e. The second kappa shape index (κ2) is 10.3. The summed E-state index contributed by atoms with van der Waals surface area (Å²) < 4.78 is 25.4. The largest absolute Gasteiger partial charge is 0.488 e. The topological polar surface area (TPSA) is 68.0 Å². The third kappa shape index (κ3) is 5.49. The number of hydrogen-bond acceptors (Lipinski definition) is 5. The van der Waals surface area contributed by atoms with Gasteiger partial charge in [-0.05, 0) is 18.1 Å². The fourth-order valence-electron chi connectivity index (χ4n) is 3.51. The van der Waals surface area contributed by atoms with E-state index in [9.17, 15) is 9.18 Å². The molecule has 2 aliphatic rings. The van der Waals surface area contributed by atoms with Crippen molar-refractivity contribution < 1.29 is 18.7 Å². The lowest BCUT2D eigenvalue weighted by Crippen LogP contribution is -2.50. The number of benzene rings is 1. The van der Waals surface area contributed by atoms with Crippen LogP contribution in [0.5, 0.6) is 5.75 Å². The second-order valence-corrected chi connectivity index (χ2v) is 7.62. The van der Waals surface area contributed by atoms with Crippen LogP contribution in [0.3, 0.4) is 0 Å². The zero-order valence-corrected chi connectivity index (χ0v) is 17.4. The van der Waals surface area contributed by atoms with E-state index in [0.717, 1.165) is 31.6 Å². The Balaban J connectivity index is 0.00000280. The summed E-state index contributed by atoms with van der Waals surface area (Å²) in [5.41, 5.74) is 6.77. The van der Waals surface area contributed by atoms with E-state index in [4.69, 9.17) is 15.2 Å². The summed E-state index contributed by atoms with van der Waals surface area (Å²) >= 11 is 0. The summed E-state index contributed by atoms with van der Waals surface area (Å²) in [5, 5.41) is 0. The van der Waals surface area contributed by atoms with E-state index in [-0.39, 0.29) is 36.2 Å². The van der Waals surface area contributed by atoms with Crippen LogP contribution in [-0.2, 0) is 9.53 Å². The Morgan fingerprint density at radius 2 is 1.86 bits per heavy atom. The molecule has 1 amide bonds. The summed E-state index contributed by atoms with van der Waals surface area (Å²) in [6, 6.07) is 4.21. The number of nitrogens with zero attached hydrogens (tertiary/aromatic N) is 2. The van der Waals surface area contributed by atoms with Crippen LogP contribution in [0.15, 0.2) is 18.2 Å². The number of likely N-dealkylation sites (tertiary alicyclic amines) is 1. The zero-order chi connectivity index (χ0) is 19.4. The van der Waals surface area contributed by atoms with Crippen LogP contribution in [0.4, 0.5) is 10.1 Å². The molecule has 2 aliphatic heterocycles. The third-order valence-electron chi connectivity index (χ3n) is 5.32. The van der Waals surface area contributed by atoms with Gasteiger partial charge in [0.15, 0.2) is 0 Å². The van der Waals surface area contributed by atoms with E-state index in [1.165, 1.54) is 12.1 Å². The van der Waals surface area contributed by atoms with Crippen LogP contribution in [-0.4, -0.2) is 62.3 Å². The molecule has 1 atom stereocenters. The van der Waals surface area contributed by atoms with Crippen LogP contribution in [0, 0.1) is 11.7 Å². The molecule has 2 fully saturated rings. The minimum atomic E-state index is -0.451. The number of amides is 1. The average molecular weight is 416 g/mol. The number of ether oxygens (including phenoxy) is 2. The molecule has 0 saturated carbocycles. The Hall–Kier alpha value is -1.57. The molecule has 2 heterocycles. The first kappa shape index (κ1) is 22.7. The summed E-state index contributed by atoms with van der Waals surface area (Å²) in [6.07, 6.45) is 1.50. The van der Waals surface area contributed by atoms with Gasteiger partial charge >= 0.3 is 0 Å². The number of rotatable bonds is 5. The van der Waals surface area contributed by atoms with Crippen LogP contribution >= 0.6 is 12.4 Å². The highest BCUT2D eigenvalue weighted by Crippen LogP contribution is 2.32. The first-order valence-corrected chi connectivity index (χ1v) is 9.79. The predicted octanol–water partition coefficient (Wildman–Crippen LogP) is 2.44. The van der Waals surface area contributed by atoms with Crippen molar-refractivity contribution in [2.75, 3.05) is 44.3 Å². The normalized spacial score (nSPS) is 19.3. The lowest BCUT2D eigenvalue weighted by atomic mass is 10.0. The Morgan fingerprint density at radius 1 is 1.21 bits per heavy atom. The fourth-order valence-corrected chi connectivity index (χ4v) is 3.51. The summed E-state index contributed by atoms with van der Waals surface area (Å²) in [5.74, 6) is 0.565. The van der Waals surface area contributed by atoms with Gasteiger partial charge in [-0.2, -0.15) is 0 Å². The van der Waals surface area contributed by atoms with E-state index in [0.29, 0.717) is 32.1 Å². The first-order chi connectivity index (χ1) is 13.0. The standard InChI is InChI=1S/C20H30FN3O3.ClH/c1-14(2)19(22)20(25)24-7-5-16(6-8-24)27-18-4-3-15(21)13-17(18)23-9-11-26-12-10-23;/h3-4,13-14,16,19H,5-12,22H2,1-2H3;1H/t19-;/m0./s1. The molecule has 158 valence electrons. The Kier molecular flexibility index (Phi) is 8.34. The quantitative estimate of drug-likeness (QED) is 0.800. The number of morpholine rings is 1. The van der Waals surface area contributed by atoms with Crippen LogP contribution < -0.4 is 15.4 Å². The first-order valence-electron chi connectivity index (χ1n) is 9.79. The second-order valence-electron chi connectivity index (χ2n) is 7.62. The molecule has 0 aliphatic carbocycles. The van der Waals surface area contributed by atoms with Gasteiger partial charge in [0.05, 0.1) is 24.9 Å². The highest BCUT2D eigenvalue weighted by atomic mass is 35.5. The summed E-state index contributed by atoms with van der Waals surface area (Å²) in [6.45, 7) is 7.90. The Bertz CT molecular complexity index is 648. The number of carbonyl (C=O) groups excluding carboxylic acids is 1. The molecule has 2 N–H and O–H groups in total. The van der Waals surface area contributed by atoms with Crippen molar-refractivity contribution >= 4 is 24.0 Å². The zero-order valence-electron chi connectivity index (χ0n) is 16.6. The van der Waals surface area contributed by atoms with E-state index >= 15 is 0 Å². The van der Waals surface area contributed by atoms with Gasteiger partial charge in [-0.15, -0.1) is 12.4 Å². The lowest BCUT2D eigenvalue weighted by molar-refractivity contribution is -0.135. The number of anilines is 1. The van der Waals surface area contributed by atoms with Gasteiger partial charge in [0, 0.05) is 45.1 Å². The number of carbonyl (C=O) groups is 1. The molecule has 1 aromatic carbocycles. The van der Waals surface area contributed by atoms with Crippen LogP contribution in [0.2, 0.25) is 0 Å². The van der Waals surface area contributed by atoms with Gasteiger partial charge in [-0.1, -0.05) is 13.8 Å². The molecular weight excluding hydrogens is 385 g/mol. The summed E-state index contributed by atoms with van der Waals surface area (Å²) in [7, 11) is 0. The molecule has 28 heavy (non-hydrogen) atoms. The van der Waals surface area contributed by atoms with Crippen LogP contribution in [0.25, 0.3) is 0 Å². The maximum atomic E-state index is 13.8. The molecular formula is C20H31ClFN3O3. The lowest BCUT2D eigenvalue weighted by Gasteiger charge is -2.35. The van der Waals surface area contributed by atoms with Crippen LogP contribution in [0.1, 0.15) is 26.7 Å². The molecule has 0 aromatic heterocycles. The molecule has 0 bridgehead atoms. The highest BCUT2D eigenvalue weighted by molar-refractivity contribution is 5.85. The third-order valence-corrected chi connectivity index (χ3v) is 5.32. The van der Waals surface area contributed by atoms with Gasteiger partial charge in [0.1, 0.15) is 17.7 Å². The number of halogens is 2. The average Bonchev–Trinajstić information content (AvgIpc) is 2.69. The molecule has 8 heteroatoms. The molecule has 1 aromatic rings. The maximum Gasteiger partial charge on any atom is 0.239 e. The minimum absolute atomic E-state index is 0. The Labute approximate surface area is 172 Å². The molecule has 0 spiro atoms.